The first-order valence-corrected chi connectivity index (χ1v) is 11.3. The lowest BCUT2D eigenvalue weighted by molar-refractivity contribution is 0.00715. The first kappa shape index (κ1) is 20.3. The molecule has 2 saturated carbocycles. The summed E-state index contributed by atoms with van der Waals surface area (Å²) in [5, 5.41) is 9.99. The van der Waals surface area contributed by atoms with Gasteiger partial charge in [-0.1, -0.05) is 81.2 Å². The lowest BCUT2D eigenvalue weighted by Gasteiger charge is -2.48. The van der Waals surface area contributed by atoms with Crippen LogP contribution >= 0.6 is 0 Å². The van der Waals surface area contributed by atoms with Gasteiger partial charge in [0.25, 0.3) is 0 Å². The fourth-order valence-electron chi connectivity index (χ4n) is 6.01. The third-order valence-electron chi connectivity index (χ3n) is 7.45. The van der Waals surface area contributed by atoms with Crippen molar-refractivity contribution in [3.8, 4) is 11.1 Å². The van der Waals surface area contributed by atoms with Crippen LogP contribution in [0.2, 0.25) is 0 Å². The zero-order valence-electron chi connectivity index (χ0n) is 17.4. The highest BCUT2D eigenvalue weighted by atomic mass is 19.1. The molecule has 2 aromatic rings. The molecule has 0 bridgehead atoms. The minimum Gasteiger partial charge on any atom is -0.396 e. The summed E-state index contributed by atoms with van der Waals surface area (Å²) in [6.07, 6.45) is 12.5. The van der Waals surface area contributed by atoms with Crippen LogP contribution in [0.15, 0.2) is 54.6 Å². The molecule has 0 aliphatic heterocycles. The van der Waals surface area contributed by atoms with Crippen molar-refractivity contribution >= 4 is 6.08 Å². The molecule has 0 aromatic heterocycles. The van der Waals surface area contributed by atoms with Crippen molar-refractivity contribution in [3.63, 3.8) is 0 Å². The van der Waals surface area contributed by atoms with Gasteiger partial charge in [0.2, 0.25) is 0 Å². The molecular weight excluding hydrogens is 359 g/mol. The van der Waals surface area contributed by atoms with E-state index in [1.807, 2.05) is 6.07 Å². The summed E-state index contributed by atoms with van der Waals surface area (Å²) in [6.45, 7) is 2.61. The van der Waals surface area contributed by atoms with E-state index in [9.17, 15) is 9.50 Å². The Hall–Kier alpha value is -1.93. The predicted octanol–water partition coefficient (Wildman–Crippen LogP) is 6.97. The summed E-state index contributed by atoms with van der Waals surface area (Å²) in [5.41, 5.74) is 3.15. The van der Waals surface area contributed by atoms with Crippen LogP contribution in [0, 0.1) is 35.4 Å². The van der Waals surface area contributed by atoms with Crippen LogP contribution in [0.5, 0.6) is 0 Å². The Morgan fingerprint density at radius 1 is 1.03 bits per heavy atom. The molecule has 0 radical (unpaired) electrons. The van der Waals surface area contributed by atoms with Gasteiger partial charge in [-0.3, -0.25) is 0 Å². The summed E-state index contributed by atoms with van der Waals surface area (Å²) in [4.78, 5) is 0. The van der Waals surface area contributed by atoms with E-state index in [1.54, 1.807) is 12.1 Å². The van der Waals surface area contributed by atoms with Gasteiger partial charge < -0.3 is 5.11 Å². The molecular formula is C27H33FO. The maximum absolute atomic E-state index is 13.5. The molecule has 2 aliphatic carbocycles. The largest absolute Gasteiger partial charge is 0.396 e. The SMILES string of the molecule is CC[C@H]1[C@H](CO)C[C@@H]2CCCC[C@H]2[C@@H]1C=Cc1ccc(-c2cccc(F)c2)cc1. The van der Waals surface area contributed by atoms with Gasteiger partial charge in [0.05, 0.1) is 0 Å². The number of hydrogen-bond acceptors (Lipinski definition) is 1. The smallest absolute Gasteiger partial charge is 0.123 e. The molecule has 1 N–H and O–H groups in total. The van der Waals surface area contributed by atoms with Crippen LogP contribution in [0.25, 0.3) is 17.2 Å². The molecule has 2 heteroatoms. The van der Waals surface area contributed by atoms with Gasteiger partial charge in [0.1, 0.15) is 5.82 Å². The van der Waals surface area contributed by atoms with Crippen molar-refractivity contribution in [1.82, 2.24) is 0 Å². The Balaban J connectivity index is 1.54. The van der Waals surface area contributed by atoms with Crippen molar-refractivity contribution in [2.75, 3.05) is 6.61 Å². The molecule has 154 valence electrons. The third kappa shape index (κ3) is 4.48. The second-order valence-corrected chi connectivity index (χ2v) is 9.03. The average molecular weight is 393 g/mol. The van der Waals surface area contributed by atoms with E-state index in [0.717, 1.165) is 29.4 Å². The minimum atomic E-state index is -0.199. The molecule has 0 heterocycles. The highest BCUT2D eigenvalue weighted by molar-refractivity contribution is 5.65. The zero-order chi connectivity index (χ0) is 20.2. The van der Waals surface area contributed by atoms with E-state index in [0.29, 0.717) is 24.4 Å². The van der Waals surface area contributed by atoms with Crippen molar-refractivity contribution in [1.29, 1.82) is 0 Å². The molecule has 0 spiro atoms. The van der Waals surface area contributed by atoms with Crippen LogP contribution < -0.4 is 0 Å². The molecule has 0 saturated heterocycles. The standard InChI is InChI=1S/C27H33FO/c1-2-25-23(18-29)16-22-6-3-4-9-26(22)27(25)15-12-19-10-13-20(14-11-19)21-7-5-8-24(28)17-21/h5,7-8,10-15,17,22-23,25-27,29H,2-4,6,9,16,18H2,1H3/t22-,23-,25-,26+,27+/m0/s1. The van der Waals surface area contributed by atoms with Crippen LogP contribution in [-0.2, 0) is 0 Å². The molecule has 29 heavy (non-hydrogen) atoms. The maximum Gasteiger partial charge on any atom is 0.123 e. The molecule has 0 unspecified atom stereocenters. The summed E-state index contributed by atoms with van der Waals surface area (Å²) >= 11 is 0. The molecule has 5 atom stereocenters. The van der Waals surface area contributed by atoms with Crippen molar-refractivity contribution in [2.24, 2.45) is 29.6 Å². The van der Waals surface area contributed by atoms with Gasteiger partial charge in [0.15, 0.2) is 0 Å². The summed E-state index contributed by atoms with van der Waals surface area (Å²) < 4.78 is 13.5. The monoisotopic (exact) mass is 392 g/mol. The Bertz CT molecular complexity index is 819. The Morgan fingerprint density at radius 2 is 1.83 bits per heavy atom. The number of benzene rings is 2. The molecule has 2 aromatic carbocycles. The highest BCUT2D eigenvalue weighted by Gasteiger charge is 2.42. The normalized spacial score (nSPS) is 29.7. The predicted molar refractivity (Wildman–Crippen MR) is 119 cm³/mol. The minimum absolute atomic E-state index is 0.199. The van der Waals surface area contributed by atoms with E-state index in [2.05, 4.69) is 43.3 Å². The number of rotatable bonds is 5. The van der Waals surface area contributed by atoms with Crippen LogP contribution in [0.1, 0.15) is 51.0 Å². The number of hydrogen-bond donors (Lipinski definition) is 1. The fraction of sp³-hybridized carbons (Fsp3) is 0.481. The molecule has 4 rings (SSSR count). The summed E-state index contributed by atoms with van der Waals surface area (Å²) in [7, 11) is 0. The zero-order valence-corrected chi connectivity index (χ0v) is 17.4. The Morgan fingerprint density at radius 3 is 2.55 bits per heavy atom. The lowest BCUT2D eigenvalue weighted by Crippen LogP contribution is -2.41. The first-order chi connectivity index (χ1) is 14.2. The molecule has 2 fully saturated rings. The first-order valence-electron chi connectivity index (χ1n) is 11.3. The Labute approximate surface area is 174 Å². The van der Waals surface area contributed by atoms with E-state index in [-0.39, 0.29) is 5.82 Å². The van der Waals surface area contributed by atoms with E-state index >= 15 is 0 Å². The van der Waals surface area contributed by atoms with Gasteiger partial charge in [-0.2, -0.15) is 0 Å². The Kier molecular flexibility index (Phi) is 6.50. The van der Waals surface area contributed by atoms with Gasteiger partial charge >= 0.3 is 0 Å². The summed E-state index contributed by atoms with van der Waals surface area (Å²) in [6, 6.07) is 15.2. The highest BCUT2D eigenvalue weighted by Crippen LogP contribution is 2.50. The van der Waals surface area contributed by atoms with Gasteiger partial charge in [-0.15, -0.1) is 0 Å². The van der Waals surface area contributed by atoms with E-state index < -0.39 is 0 Å². The second-order valence-electron chi connectivity index (χ2n) is 9.03. The van der Waals surface area contributed by atoms with Gasteiger partial charge in [-0.05, 0) is 71.3 Å². The van der Waals surface area contributed by atoms with Crippen molar-refractivity contribution in [2.45, 2.75) is 45.4 Å². The number of halogens is 1. The van der Waals surface area contributed by atoms with Crippen molar-refractivity contribution < 1.29 is 9.50 Å². The average Bonchev–Trinajstić information content (AvgIpc) is 2.77. The third-order valence-corrected chi connectivity index (χ3v) is 7.45. The topological polar surface area (TPSA) is 20.2 Å². The lowest BCUT2D eigenvalue weighted by atomic mass is 9.57. The van der Waals surface area contributed by atoms with Gasteiger partial charge in [-0.25, -0.2) is 4.39 Å². The van der Waals surface area contributed by atoms with Crippen molar-refractivity contribution in [3.05, 3.63) is 66.0 Å². The van der Waals surface area contributed by atoms with Gasteiger partial charge in [0, 0.05) is 6.61 Å². The number of fused-ring (bicyclic) bond motifs is 1. The molecule has 2 aliphatic rings. The van der Waals surface area contributed by atoms with Crippen LogP contribution in [0.4, 0.5) is 4.39 Å². The maximum atomic E-state index is 13.5. The molecule has 1 nitrogen and oxygen atoms in total. The number of allylic oxidation sites excluding steroid dienone is 1. The van der Waals surface area contributed by atoms with Crippen LogP contribution in [0.3, 0.4) is 0 Å². The van der Waals surface area contributed by atoms with Crippen LogP contribution in [-0.4, -0.2) is 11.7 Å². The number of aliphatic hydroxyl groups is 1. The number of aliphatic hydroxyl groups excluding tert-OH is 1. The quantitative estimate of drug-likeness (QED) is 0.583. The van der Waals surface area contributed by atoms with E-state index in [1.165, 1.54) is 43.7 Å². The summed E-state index contributed by atoms with van der Waals surface area (Å²) in [5.74, 6) is 2.97. The second kappa shape index (κ2) is 9.26. The molecule has 0 amide bonds. The van der Waals surface area contributed by atoms with E-state index in [4.69, 9.17) is 0 Å². The fourth-order valence-corrected chi connectivity index (χ4v) is 6.01.